The van der Waals surface area contributed by atoms with Gasteiger partial charge in [0.05, 0.1) is 12.2 Å². The van der Waals surface area contributed by atoms with E-state index >= 15 is 0 Å². The van der Waals surface area contributed by atoms with Crippen LogP contribution in [0.2, 0.25) is 0 Å². The summed E-state index contributed by atoms with van der Waals surface area (Å²) in [6, 6.07) is 14.0. The molecule has 2 aromatic heterocycles. The highest BCUT2D eigenvalue weighted by Crippen LogP contribution is 2.31. The molecule has 0 saturated carbocycles. The maximum Gasteiger partial charge on any atom is 0.202 e. The molecule has 2 aromatic carbocycles. The lowest BCUT2D eigenvalue weighted by Gasteiger charge is -2.13. The number of halogens is 2. The third-order valence-corrected chi connectivity index (χ3v) is 5.00. The fourth-order valence-corrected chi connectivity index (χ4v) is 3.32. The van der Waals surface area contributed by atoms with E-state index in [9.17, 15) is 8.78 Å². The standard InChI is InChI=1S/C23H23F2N7O/c1-31(2)11-6-12-33-19-10-9-18(20(24)21(19)25)32-23(28-29-30-32)17-13-16(14-27-22(17)26)15-7-4-3-5-8-15/h3-5,7-10,13-14H,6,11-12H2,1-2H3,(H2,26,27). The number of aromatic nitrogens is 5. The van der Waals surface area contributed by atoms with Crippen LogP contribution < -0.4 is 10.5 Å². The van der Waals surface area contributed by atoms with E-state index < -0.39 is 11.6 Å². The lowest BCUT2D eigenvalue weighted by molar-refractivity contribution is 0.267. The number of tetrazole rings is 1. The van der Waals surface area contributed by atoms with E-state index in [1.165, 1.54) is 12.1 Å². The van der Waals surface area contributed by atoms with E-state index in [2.05, 4.69) is 20.5 Å². The Bertz CT molecular complexity index is 1250. The van der Waals surface area contributed by atoms with Crippen molar-refractivity contribution in [1.82, 2.24) is 30.1 Å². The first-order chi connectivity index (χ1) is 16.0. The van der Waals surface area contributed by atoms with E-state index in [1.54, 1.807) is 12.3 Å². The van der Waals surface area contributed by atoms with Crippen LogP contribution >= 0.6 is 0 Å². The summed E-state index contributed by atoms with van der Waals surface area (Å²) in [5.41, 5.74) is 8.00. The van der Waals surface area contributed by atoms with Gasteiger partial charge in [-0.05, 0) is 54.7 Å². The van der Waals surface area contributed by atoms with Crippen LogP contribution in [0.15, 0.2) is 54.7 Å². The zero-order chi connectivity index (χ0) is 23.4. The van der Waals surface area contributed by atoms with Crippen LogP contribution in [0.3, 0.4) is 0 Å². The molecule has 0 saturated heterocycles. The van der Waals surface area contributed by atoms with Crippen molar-refractivity contribution in [2.75, 3.05) is 33.0 Å². The van der Waals surface area contributed by atoms with Gasteiger partial charge in [0.15, 0.2) is 17.4 Å². The summed E-state index contributed by atoms with van der Waals surface area (Å²) in [5, 5.41) is 11.5. The van der Waals surface area contributed by atoms with E-state index in [0.717, 1.165) is 22.4 Å². The monoisotopic (exact) mass is 451 g/mol. The highest BCUT2D eigenvalue weighted by Gasteiger charge is 2.22. The Kier molecular flexibility index (Phi) is 6.55. The van der Waals surface area contributed by atoms with Crippen molar-refractivity contribution in [2.45, 2.75) is 6.42 Å². The third kappa shape index (κ3) is 4.80. The van der Waals surface area contributed by atoms with Crippen molar-refractivity contribution in [3.8, 4) is 34.0 Å². The molecule has 0 unspecified atom stereocenters. The predicted octanol–water partition coefficient (Wildman–Crippen LogP) is 3.58. The van der Waals surface area contributed by atoms with Gasteiger partial charge in [-0.1, -0.05) is 30.3 Å². The summed E-state index contributed by atoms with van der Waals surface area (Å²) in [4.78, 5) is 6.21. The number of nitrogen functional groups attached to an aromatic ring is 1. The van der Waals surface area contributed by atoms with Gasteiger partial charge in [0.1, 0.15) is 11.5 Å². The Balaban J connectivity index is 1.66. The zero-order valence-corrected chi connectivity index (χ0v) is 18.2. The summed E-state index contributed by atoms with van der Waals surface area (Å²) in [7, 11) is 3.85. The second-order valence-electron chi connectivity index (χ2n) is 7.65. The molecule has 0 fully saturated rings. The van der Waals surface area contributed by atoms with E-state index in [1.807, 2.05) is 49.3 Å². The summed E-state index contributed by atoms with van der Waals surface area (Å²) >= 11 is 0. The molecule has 10 heteroatoms. The number of hydrogen-bond acceptors (Lipinski definition) is 7. The molecule has 170 valence electrons. The average molecular weight is 451 g/mol. The smallest absolute Gasteiger partial charge is 0.202 e. The van der Waals surface area contributed by atoms with Crippen molar-refractivity contribution in [1.29, 1.82) is 0 Å². The van der Waals surface area contributed by atoms with Crippen LogP contribution in [0, 0.1) is 11.6 Å². The highest BCUT2D eigenvalue weighted by molar-refractivity contribution is 5.76. The minimum Gasteiger partial charge on any atom is -0.490 e. The van der Waals surface area contributed by atoms with Gasteiger partial charge in [0, 0.05) is 18.3 Å². The third-order valence-electron chi connectivity index (χ3n) is 5.00. The molecule has 0 radical (unpaired) electrons. The lowest BCUT2D eigenvalue weighted by atomic mass is 10.1. The minimum atomic E-state index is -1.13. The molecule has 0 amide bonds. The summed E-state index contributed by atoms with van der Waals surface area (Å²) < 4.78 is 36.2. The van der Waals surface area contributed by atoms with Crippen molar-refractivity contribution in [3.63, 3.8) is 0 Å². The van der Waals surface area contributed by atoms with Crippen LogP contribution in [-0.4, -0.2) is 57.3 Å². The van der Waals surface area contributed by atoms with E-state index in [4.69, 9.17) is 10.5 Å². The maximum atomic E-state index is 15.0. The van der Waals surface area contributed by atoms with Crippen LogP contribution in [0.25, 0.3) is 28.2 Å². The molecule has 2 heterocycles. The van der Waals surface area contributed by atoms with E-state index in [-0.39, 0.29) is 29.7 Å². The van der Waals surface area contributed by atoms with Gasteiger partial charge in [-0.2, -0.15) is 9.07 Å². The maximum absolute atomic E-state index is 15.0. The number of anilines is 1. The SMILES string of the molecule is CN(C)CCCOc1ccc(-n2nnnc2-c2cc(-c3ccccc3)cnc2N)c(F)c1F. The largest absolute Gasteiger partial charge is 0.490 e. The van der Waals surface area contributed by atoms with Gasteiger partial charge in [-0.25, -0.2) is 9.37 Å². The van der Waals surface area contributed by atoms with Gasteiger partial charge in [0.2, 0.25) is 5.82 Å². The normalized spacial score (nSPS) is 11.2. The fourth-order valence-electron chi connectivity index (χ4n) is 3.32. The van der Waals surface area contributed by atoms with Crippen molar-refractivity contribution in [3.05, 3.63) is 66.4 Å². The van der Waals surface area contributed by atoms with Crippen LogP contribution in [0.4, 0.5) is 14.6 Å². The second kappa shape index (κ2) is 9.70. The molecule has 0 aliphatic rings. The van der Waals surface area contributed by atoms with Crippen molar-refractivity contribution < 1.29 is 13.5 Å². The van der Waals surface area contributed by atoms with Crippen LogP contribution in [0.5, 0.6) is 5.75 Å². The Labute approximate surface area is 189 Å². The molecule has 0 aliphatic carbocycles. The van der Waals surface area contributed by atoms with Crippen LogP contribution in [0.1, 0.15) is 6.42 Å². The minimum absolute atomic E-state index is 0.135. The van der Waals surface area contributed by atoms with Gasteiger partial charge in [-0.15, -0.1) is 5.10 Å². The lowest BCUT2D eigenvalue weighted by Crippen LogP contribution is -2.16. The zero-order valence-electron chi connectivity index (χ0n) is 18.2. The topological polar surface area (TPSA) is 95.0 Å². The number of benzene rings is 2. The molecule has 2 N–H and O–H groups in total. The van der Waals surface area contributed by atoms with Gasteiger partial charge in [0.25, 0.3) is 0 Å². The number of pyridine rings is 1. The predicted molar refractivity (Wildman–Crippen MR) is 121 cm³/mol. The van der Waals surface area contributed by atoms with Gasteiger partial charge >= 0.3 is 0 Å². The molecule has 0 bridgehead atoms. The Morgan fingerprint density at radius 1 is 1.03 bits per heavy atom. The number of ether oxygens (including phenoxy) is 1. The van der Waals surface area contributed by atoms with Crippen LogP contribution in [-0.2, 0) is 0 Å². The molecule has 4 rings (SSSR count). The molecular formula is C23H23F2N7O. The highest BCUT2D eigenvalue weighted by atomic mass is 19.2. The molecule has 8 nitrogen and oxygen atoms in total. The second-order valence-corrected chi connectivity index (χ2v) is 7.65. The Hall–Kier alpha value is -3.92. The molecular weight excluding hydrogens is 428 g/mol. The summed E-state index contributed by atoms with van der Waals surface area (Å²) in [6.45, 7) is 1.03. The van der Waals surface area contributed by atoms with Crippen molar-refractivity contribution >= 4 is 5.82 Å². The first-order valence-corrected chi connectivity index (χ1v) is 10.3. The number of nitrogens with zero attached hydrogens (tertiary/aromatic N) is 6. The molecule has 0 spiro atoms. The van der Waals surface area contributed by atoms with E-state index in [0.29, 0.717) is 12.0 Å². The number of hydrogen-bond donors (Lipinski definition) is 1. The number of rotatable bonds is 8. The first-order valence-electron chi connectivity index (χ1n) is 10.3. The van der Waals surface area contributed by atoms with Crippen molar-refractivity contribution in [2.24, 2.45) is 0 Å². The average Bonchev–Trinajstić information content (AvgIpc) is 3.29. The van der Waals surface area contributed by atoms with Gasteiger partial charge in [-0.3, -0.25) is 0 Å². The quantitative estimate of drug-likeness (QED) is 0.409. The Morgan fingerprint density at radius 2 is 1.82 bits per heavy atom. The molecule has 33 heavy (non-hydrogen) atoms. The summed E-state index contributed by atoms with van der Waals surface area (Å²) in [6.07, 6.45) is 2.31. The fraction of sp³-hybridized carbons (Fsp3) is 0.217. The summed E-state index contributed by atoms with van der Waals surface area (Å²) in [5.74, 6) is -2.11. The number of nitrogens with two attached hydrogens (primary N) is 1. The van der Waals surface area contributed by atoms with Gasteiger partial charge < -0.3 is 15.4 Å². The molecule has 4 aromatic rings. The Morgan fingerprint density at radius 3 is 2.58 bits per heavy atom. The molecule has 0 aliphatic heterocycles. The first kappa shape index (κ1) is 22.3. The molecule has 0 atom stereocenters.